The van der Waals surface area contributed by atoms with Crippen molar-refractivity contribution >= 4 is 28.1 Å². The smallest absolute Gasteiger partial charge is 0.274 e. The first-order chi connectivity index (χ1) is 14.5. The molecular weight excluding hydrogens is 449 g/mol. The number of hydrogen-bond acceptors (Lipinski definition) is 4. The lowest BCUT2D eigenvalue weighted by molar-refractivity contribution is 0.0951. The zero-order valence-electron chi connectivity index (χ0n) is 16.0. The Kier molecular flexibility index (Phi) is 6.94. The maximum atomic E-state index is 13.9. The summed E-state index contributed by atoms with van der Waals surface area (Å²) in [5, 5.41) is 12.6. The molecule has 5 nitrogen and oxygen atoms in total. The molecule has 0 saturated heterocycles. The summed E-state index contributed by atoms with van der Waals surface area (Å²) in [6.07, 6.45) is 1.44. The molecule has 1 N–H and O–H groups in total. The number of nitriles is 1. The van der Waals surface area contributed by atoms with Crippen molar-refractivity contribution in [2.24, 2.45) is 5.10 Å². The number of hydrogen-bond donors (Lipinski definition) is 1. The third-order valence-electron chi connectivity index (χ3n) is 4.16. The van der Waals surface area contributed by atoms with Crippen LogP contribution >= 0.6 is 15.9 Å². The second-order valence-electron chi connectivity index (χ2n) is 6.47. The first-order valence-corrected chi connectivity index (χ1v) is 9.76. The van der Waals surface area contributed by atoms with Crippen LogP contribution in [0.25, 0.3) is 0 Å². The topological polar surface area (TPSA) is 74.5 Å². The normalized spacial score (nSPS) is 10.6. The molecule has 0 aliphatic rings. The van der Waals surface area contributed by atoms with Gasteiger partial charge in [-0.25, -0.2) is 9.82 Å². The Balaban J connectivity index is 1.60. The molecule has 0 fully saturated rings. The third-order valence-corrected chi connectivity index (χ3v) is 4.77. The molecule has 0 unspecified atom stereocenters. The van der Waals surface area contributed by atoms with Gasteiger partial charge >= 0.3 is 0 Å². The molecule has 0 atom stereocenters. The summed E-state index contributed by atoms with van der Waals surface area (Å²) in [4.78, 5) is 12.0. The number of ether oxygens (including phenoxy) is 1. The Hall–Kier alpha value is -3.50. The highest BCUT2D eigenvalue weighted by Crippen LogP contribution is 2.26. The summed E-state index contributed by atoms with van der Waals surface area (Å²) in [5.74, 6) is -0.803. The van der Waals surface area contributed by atoms with Crippen molar-refractivity contribution in [3.8, 4) is 11.8 Å². The number of rotatable bonds is 6. The summed E-state index contributed by atoms with van der Waals surface area (Å²) < 4.78 is 20.4. The second-order valence-corrected chi connectivity index (χ2v) is 7.33. The summed E-state index contributed by atoms with van der Waals surface area (Å²) in [6, 6.07) is 18.9. The fourth-order valence-electron chi connectivity index (χ4n) is 2.67. The molecule has 0 aromatic heterocycles. The number of benzene rings is 3. The lowest BCUT2D eigenvalue weighted by Crippen LogP contribution is -2.19. The van der Waals surface area contributed by atoms with E-state index in [2.05, 4.69) is 32.5 Å². The van der Waals surface area contributed by atoms with Gasteiger partial charge < -0.3 is 4.74 Å². The van der Waals surface area contributed by atoms with Crippen molar-refractivity contribution < 1.29 is 13.9 Å². The molecule has 1 amide bonds. The van der Waals surface area contributed by atoms with Crippen LogP contribution in [0.3, 0.4) is 0 Å². The lowest BCUT2D eigenvalue weighted by atomic mass is 10.1. The molecule has 0 aliphatic heterocycles. The molecule has 7 heteroatoms. The molecule has 3 aromatic carbocycles. The van der Waals surface area contributed by atoms with E-state index in [0.717, 1.165) is 16.1 Å². The van der Waals surface area contributed by atoms with E-state index in [1.165, 1.54) is 23.9 Å². The van der Waals surface area contributed by atoms with E-state index in [1.54, 1.807) is 18.2 Å². The molecule has 0 spiro atoms. The quantitative estimate of drug-likeness (QED) is 0.405. The molecule has 0 radical (unpaired) electrons. The Morgan fingerprint density at radius 2 is 2.07 bits per heavy atom. The average Bonchev–Trinajstić information content (AvgIpc) is 2.73. The van der Waals surface area contributed by atoms with Crippen LogP contribution in [0.4, 0.5) is 4.39 Å². The second kappa shape index (κ2) is 9.81. The van der Waals surface area contributed by atoms with Crippen molar-refractivity contribution in [3.63, 3.8) is 0 Å². The van der Waals surface area contributed by atoms with E-state index in [4.69, 9.17) is 10.00 Å². The van der Waals surface area contributed by atoms with E-state index in [-0.39, 0.29) is 11.1 Å². The molecule has 3 aromatic rings. The predicted octanol–water partition coefficient (Wildman–Crippen LogP) is 5.11. The van der Waals surface area contributed by atoms with Crippen LogP contribution in [-0.4, -0.2) is 12.1 Å². The summed E-state index contributed by atoms with van der Waals surface area (Å²) in [7, 11) is 0. The SMILES string of the molecule is Cc1cccc(COc2ccc(/C=N\NC(=O)c3ccc(C#N)cc3F)cc2Br)c1. The van der Waals surface area contributed by atoms with Gasteiger partial charge in [0.2, 0.25) is 0 Å². The summed E-state index contributed by atoms with van der Waals surface area (Å²) >= 11 is 3.47. The van der Waals surface area contributed by atoms with E-state index in [0.29, 0.717) is 17.9 Å². The molecule has 0 saturated carbocycles. The van der Waals surface area contributed by atoms with Crippen LogP contribution in [0.15, 0.2) is 70.2 Å². The van der Waals surface area contributed by atoms with Gasteiger partial charge in [0.25, 0.3) is 5.91 Å². The fourth-order valence-corrected chi connectivity index (χ4v) is 3.18. The third kappa shape index (κ3) is 5.52. The van der Waals surface area contributed by atoms with Crippen LogP contribution in [-0.2, 0) is 6.61 Å². The highest BCUT2D eigenvalue weighted by atomic mass is 79.9. The molecule has 150 valence electrons. The van der Waals surface area contributed by atoms with Gasteiger partial charge in [-0.3, -0.25) is 4.79 Å². The van der Waals surface area contributed by atoms with Crippen molar-refractivity contribution in [2.45, 2.75) is 13.5 Å². The molecule has 0 bridgehead atoms. The Bertz CT molecular complexity index is 1160. The molecular formula is C23H17BrFN3O2. The van der Waals surface area contributed by atoms with Crippen LogP contribution in [0.2, 0.25) is 0 Å². The van der Waals surface area contributed by atoms with Crippen molar-refractivity contribution in [3.05, 3.63) is 98.8 Å². The number of nitrogens with zero attached hydrogens (tertiary/aromatic N) is 2. The van der Waals surface area contributed by atoms with Crippen LogP contribution in [0.1, 0.15) is 32.6 Å². The molecule has 3 rings (SSSR count). The van der Waals surface area contributed by atoms with Crippen molar-refractivity contribution in [2.75, 3.05) is 0 Å². The Morgan fingerprint density at radius 1 is 1.23 bits per heavy atom. The molecule has 0 aliphatic carbocycles. The van der Waals surface area contributed by atoms with Gasteiger partial charge in [0.1, 0.15) is 18.2 Å². The first-order valence-electron chi connectivity index (χ1n) is 8.97. The number of aryl methyl sites for hydroxylation is 1. The summed E-state index contributed by atoms with van der Waals surface area (Å²) in [6.45, 7) is 2.47. The number of nitrogens with one attached hydrogen (secondary N) is 1. The fraction of sp³-hybridized carbons (Fsp3) is 0.0870. The lowest BCUT2D eigenvalue weighted by Gasteiger charge is -2.09. The van der Waals surface area contributed by atoms with Crippen LogP contribution in [0.5, 0.6) is 5.75 Å². The monoisotopic (exact) mass is 465 g/mol. The van der Waals surface area contributed by atoms with E-state index in [1.807, 2.05) is 31.2 Å². The zero-order chi connectivity index (χ0) is 21.5. The molecule has 0 heterocycles. The zero-order valence-corrected chi connectivity index (χ0v) is 17.6. The average molecular weight is 466 g/mol. The standard InChI is InChI=1S/C23H17BrFN3O2/c1-15-3-2-4-18(9-15)14-30-22-8-6-17(10-20(22)24)13-27-28-23(29)19-7-5-16(12-26)11-21(19)25/h2-11,13H,14H2,1H3,(H,28,29)/b27-13-. The summed E-state index contributed by atoms with van der Waals surface area (Å²) in [5.41, 5.74) is 5.18. The number of carbonyl (C=O) groups excluding carboxylic acids is 1. The van der Waals surface area contributed by atoms with E-state index in [9.17, 15) is 9.18 Å². The van der Waals surface area contributed by atoms with Gasteiger partial charge in [0.05, 0.1) is 27.9 Å². The first kappa shape index (κ1) is 21.2. The van der Waals surface area contributed by atoms with Gasteiger partial charge in [-0.2, -0.15) is 10.4 Å². The minimum absolute atomic E-state index is 0.141. The Labute approximate surface area is 181 Å². The highest BCUT2D eigenvalue weighted by molar-refractivity contribution is 9.10. The van der Waals surface area contributed by atoms with Gasteiger partial charge in [-0.05, 0) is 70.4 Å². The maximum absolute atomic E-state index is 13.9. The minimum atomic E-state index is -0.778. The highest BCUT2D eigenvalue weighted by Gasteiger charge is 2.11. The predicted molar refractivity (Wildman–Crippen MR) is 116 cm³/mol. The van der Waals surface area contributed by atoms with Gasteiger partial charge in [0, 0.05) is 0 Å². The number of halogens is 2. The van der Waals surface area contributed by atoms with Gasteiger partial charge in [0.15, 0.2) is 0 Å². The minimum Gasteiger partial charge on any atom is -0.488 e. The van der Waals surface area contributed by atoms with Crippen molar-refractivity contribution in [1.82, 2.24) is 5.43 Å². The van der Waals surface area contributed by atoms with Gasteiger partial charge in [-0.1, -0.05) is 29.8 Å². The van der Waals surface area contributed by atoms with Gasteiger partial charge in [-0.15, -0.1) is 0 Å². The number of amides is 1. The largest absolute Gasteiger partial charge is 0.488 e. The van der Waals surface area contributed by atoms with E-state index >= 15 is 0 Å². The van der Waals surface area contributed by atoms with E-state index < -0.39 is 11.7 Å². The van der Waals surface area contributed by atoms with Crippen LogP contribution in [0, 0.1) is 24.1 Å². The number of carbonyl (C=O) groups is 1. The van der Waals surface area contributed by atoms with Crippen LogP contribution < -0.4 is 10.2 Å². The molecule has 30 heavy (non-hydrogen) atoms. The number of hydrazone groups is 1. The Morgan fingerprint density at radius 3 is 2.77 bits per heavy atom. The van der Waals surface area contributed by atoms with Crippen molar-refractivity contribution in [1.29, 1.82) is 5.26 Å². The maximum Gasteiger partial charge on any atom is 0.274 e.